The smallest absolute Gasteiger partial charge is 0.132 e. The van der Waals surface area contributed by atoms with Crippen molar-refractivity contribution in [1.29, 1.82) is 0 Å². The van der Waals surface area contributed by atoms with Crippen LogP contribution >= 0.6 is 11.6 Å². The van der Waals surface area contributed by atoms with E-state index in [0.717, 1.165) is 5.69 Å². The number of benzene rings is 1. The summed E-state index contributed by atoms with van der Waals surface area (Å²) in [5.74, 6) is 1.97. The molecule has 0 spiro atoms. The zero-order valence-electron chi connectivity index (χ0n) is 11.8. The highest BCUT2D eigenvalue weighted by molar-refractivity contribution is 6.33. The van der Waals surface area contributed by atoms with Crippen LogP contribution in [0.2, 0.25) is 5.02 Å². The summed E-state index contributed by atoms with van der Waals surface area (Å²) < 4.78 is 15.9. The molecule has 0 amide bonds. The molecule has 2 saturated carbocycles. The Morgan fingerprint density at radius 2 is 2.00 bits per heavy atom. The number of rotatable bonds is 2. The van der Waals surface area contributed by atoms with Crippen LogP contribution in [0.1, 0.15) is 30.9 Å². The van der Waals surface area contributed by atoms with Gasteiger partial charge >= 0.3 is 0 Å². The summed E-state index contributed by atoms with van der Waals surface area (Å²) in [7, 11) is 1.80. The molecule has 0 bridgehead atoms. The lowest BCUT2D eigenvalue weighted by Crippen LogP contribution is -1.98. The average Bonchev–Trinajstić information content (AvgIpc) is 2.78. The number of hydrogen-bond acceptors (Lipinski definition) is 2. The first kappa shape index (κ1) is 13.1. The van der Waals surface area contributed by atoms with Gasteiger partial charge in [0.05, 0.1) is 16.3 Å². The zero-order valence-corrected chi connectivity index (χ0v) is 12.6. The molecule has 1 heterocycles. The molecule has 110 valence electrons. The molecule has 2 aliphatic carbocycles. The number of hydrogen-bond donors (Lipinski definition) is 1. The Morgan fingerprint density at radius 1 is 1.29 bits per heavy atom. The lowest BCUT2D eigenvalue weighted by molar-refractivity contribution is 0.630. The number of halogens is 2. The molecule has 2 aromatic rings. The summed E-state index contributed by atoms with van der Waals surface area (Å²) in [4.78, 5) is 0. The van der Waals surface area contributed by atoms with E-state index >= 15 is 0 Å². The van der Waals surface area contributed by atoms with Gasteiger partial charge in [-0.05, 0) is 36.8 Å². The Kier molecular flexibility index (Phi) is 2.80. The van der Waals surface area contributed by atoms with Crippen molar-refractivity contribution >= 4 is 17.4 Å². The van der Waals surface area contributed by atoms with Crippen LogP contribution in [0.15, 0.2) is 18.2 Å². The van der Waals surface area contributed by atoms with E-state index in [-0.39, 0.29) is 5.82 Å². The van der Waals surface area contributed by atoms with Gasteiger partial charge in [0.15, 0.2) is 0 Å². The highest BCUT2D eigenvalue weighted by Gasteiger charge is 2.55. The Balaban J connectivity index is 1.89. The van der Waals surface area contributed by atoms with E-state index in [1.165, 1.54) is 25.3 Å². The van der Waals surface area contributed by atoms with Gasteiger partial charge in [0, 0.05) is 18.5 Å². The predicted octanol–water partition coefficient (Wildman–Crippen LogP) is 3.98. The maximum Gasteiger partial charge on any atom is 0.132 e. The number of anilines is 1. The normalized spacial score (nSPS) is 26.9. The van der Waals surface area contributed by atoms with Crippen molar-refractivity contribution in [2.24, 2.45) is 18.9 Å². The van der Waals surface area contributed by atoms with Crippen LogP contribution in [0.5, 0.6) is 0 Å². The van der Waals surface area contributed by atoms with Gasteiger partial charge in [-0.15, -0.1) is 0 Å². The molecular formula is C16H17ClFN3. The lowest BCUT2D eigenvalue weighted by Gasteiger charge is -2.09. The fraction of sp³-hybridized carbons (Fsp3) is 0.438. The molecule has 1 aromatic heterocycles. The molecule has 2 fully saturated rings. The number of nitrogens with two attached hydrogens (primary N) is 1. The van der Waals surface area contributed by atoms with Crippen molar-refractivity contribution in [1.82, 2.24) is 9.78 Å². The van der Waals surface area contributed by atoms with E-state index in [1.807, 2.05) is 0 Å². The molecule has 21 heavy (non-hydrogen) atoms. The monoisotopic (exact) mass is 305 g/mol. The summed E-state index contributed by atoms with van der Waals surface area (Å²) in [6.07, 6.45) is 3.79. The number of nitrogen functional groups attached to an aromatic ring is 1. The van der Waals surface area contributed by atoms with E-state index in [4.69, 9.17) is 17.3 Å². The average molecular weight is 306 g/mol. The van der Waals surface area contributed by atoms with Crippen molar-refractivity contribution in [3.05, 3.63) is 34.7 Å². The first-order valence-corrected chi connectivity index (χ1v) is 7.74. The van der Waals surface area contributed by atoms with Crippen molar-refractivity contribution in [2.45, 2.75) is 25.2 Å². The lowest BCUT2D eigenvalue weighted by atomic mass is 9.99. The zero-order chi connectivity index (χ0) is 14.7. The van der Waals surface area contributed by atoms with Gasteiger partial charge in [-0.1, -0.05) is 24.1 Å². The molecule has 0 saturated heterocycles. The third-order valence-corrected chi connectivity index (χ3v) is 5.37. The quantitative estimate of drug-likeness (QED) is 0.912. The number of nitrogens with zero attached hydrogens (tertiary/aromatic N) is 2. The molecule has 4 rings (SSSR count). The second-order valence-electron chi connectivity index (χ2n) is 6.15. The van der Waals surface area contributed by atoms with Crippen molar-refractivity contribution < 1.29 is 4.39 Å². The molecule has 0 radical (unpaired) electrons. The largest absolute Gasteiger partial charge is 0.383 e. The minimum atomic E-state index is -0.339. The maximum atomic E-state index is 14.3. The molecule has 1 aromatic carbocycles. The van der Waals surface area contributed by atoms with E-state index in [0.29, 0.717) is 39.7 Å². The summed E-state index contributed by atoms with van der Waals surface area (Å²) in [5, 5.41) is 4.97. The molecular weight excluding hydrogens is 289 g/mol. The van der Waals surface area contributed by atoms with Crippen LogP contribution < -0.4 is 5.73 Å². The standard InChI is InChI=1S/C16H17ClFN3/c1-21-16(19)14(13-10(17)6-3-7-11(13)18)15(20-21)12-8-4-2-5-9(8)12/h3,6-9,12H,2,4-5,19H2,1H3. The Hall–Kier alpha value is -1.55. The molecule has 2 atom stereocenters. The van der Waals surface area contributed by atoms with Crippen molar-refractivity contribution in [3.63, 3.8) is 0 Å². The second-order valence-corrected chi connectivity index (χ2v) is 6.56. The topological polar surface area (TPSA) is 43.8 Å². The fourth-order valence-corrected chi connectivity index (χ4v) is 4.27. The van der Waals surface area contributed by atoms with E-state index in [1.54, 1.807) is 23.9 Å². The van der Waals surface area contributed by atoms with Gasteiger partial charge in [-0.25, -0.2) is 4.39 Å². The molecule has 0 aliphatic heterocycles. The summed E-state index contributed by atoms with van der Waals surface area (Å²) in [6, 6.07) is 4.73. The van der Waals surface area contributed by atoms with Crippen LogP contribution in [0, 0.1) is 17.7 Å². The van der Waals surface area contributed by atoms with Gasteiger partial charge in [0.2, 0.25) is 0 Å². The fourth-order valence-electron chi connectivity index (χ4n) is 4.01. The summed E-state index contributed by atoms with van der Waals surface area (Å²) >= 11 is 6.23. The number of fused-ring (bicyclic) bond motifs is 1. The van der Waals surface area contributed by atoms with Gasteiger partial charge in [0.25, 0.3) is 0 Å². The predicted molar refractivity (Wildman–Crippen MR) is 81.6 cm³/mol. The molecule has 2 unspecified atom stereocenters. The van der Waals surface area contributed by atoms with E-state index in [9.17, 15) is 4.39 Å². The van der Waals surface area contributed by atoms with Crippen LogP contribution in [-0.2, 0) is 7.05 Å². The highest BCUT2D eigenvalue weighted by atomic mass is 35.5. The van der Waals surface area contributed by atoms with Crippen LogP contribution in [-0.4, -0.2) is 9.78 Å². The Labute approximate surface area is 127 Å². The Morgan fingerprint density at radius 3 is 2.67 bits per heavy atom. The van der Waals surface area contributed by atoms with Gasteiger partial charge < -0.3 is 5.73 Å². The molecule has 2 aliphatic rings. The van der Waals surface area contributed by atoms with E-state index < -0.39 is 0 Å². The van der Waals surface area contributed by atoms with E-state index in [2.05, 4.69) is 5.10 Å². The number of aryl methyl sites for hydroxylation is 1. The first-order valence-electron chi connectivity index (χ1n) is 7.36. The van der Waals surface area contributed by atoms with Gasteiger partial charge in [0.1, 0.15) is 11.6 Å². The first-order chi connectivity index (χ1) is 10.1. The minimum absolute atomic E-state index is 0.339. The second kappa shape index (κ2) is 4.47. The molecule has 3 nitrogen and oxygen atoms in total. The van der Waals surface area contributed by atoms with Gasteiger partial charge in [-0.3, -0.25) is 4.68 Å². The van der Waals surface area contributed by atoms with Crippen LogP contribution in [0.25, 0.3) is 11.1 Å². The van der Waals surface area contributed by atoms with Gasteiger partial charge in [-0.2, -0.15) is 5.10 Å². The summed E-state index contributed by atoms with van der Waals surface area (Å²) in [5.41, 5.74) is 8.18. The van der Waals surface area contributed by atoms with Crippen LogP contribution in [0.4, 0.5) is 10.2 Å². The number of aromatic nitrogens is 2. The maximum absolute atomic E-state index is 14.3. The van der Waals surface area contributed by atoms with Crippen LogP contribution in [0.3, 0.4) is 0 Å². The van der Waals surface area contributed by atoms with Crippen molar-refractivity contribution in [2.75, 3.05) is 5.73 Å². The SMILES string of the molecule is Cn1nc(C2C3CCCC32)c(-c2c(F)cccc2Cl)c1N. The highest BCUT2D eigenvalue weighted by Crippen LogP contribution is 2.64. The summed E-state index contributed by atoms with van der Waals surface area (Å²) in [6.45, 7) is 0. The van der Waals surface area contributed by atoms with Crippen molar-refractivity contribution in [3.8, 4) is 11.1 Å². The Bertz CT molecular complexity index is 694. The molecule has 2 N–H and O–H groups in total. The third-order valence-electron chi connectivity index (χ3n) is 5.05. The third kappa shape index (κ3) is 1.81. The minimum Gasteiger partial charge on any atom is -0.383 e. The molecule has 5 heteroatoms.